The highest BCUT2D eigenvalue weighted by Crippen LogP contribution is 2.27. The van der Waals surface area contributed by atoms with Crippen molar-refractivity contribution >= 4 is 0 Å². The zero-order chi connectivity index (χ0) is 7.61. The topological polar surface area (TPSA) is 72.3 Å². The monoisotopic (exact) mass is 144 g/mol. The molecule has 5 N–H and O–H groups in total. The SMILES string of the molecule is NCC1CCC(N)(O)CC1. The van der Waals surface area contributed by atoms with Crippen LogP contribution in [0.25, 0.3) is 0 Å². The van der Waals surface area contributed by atoms with Crippen LogP contribution in [0.5, 0.6) is 0 Å². The number of aliphatic hydroxyl groups is 1. The molecule has 0 aromatic carbocycles. The third kappa shape index (κ3) is 1.94. The van der Waals surface area contributed by atoms with E-state index in [-0.39, 0.29) is 0 Å². The Balaban J connectivity index is 2.31. The first-order valence-electron chi connectivity index (χ1n) is 3.85. The van der Waals surface area contributed by atoms with Gasteiger partial charge in [-0.2, -0.15) is 0 Å². The molecule has 0 atom stereocenters. The van der Waals surface area contributed by atoms with Crippen molar-refractivity contribution in [2.24, 2.45) is 17.4 Å². The second kappa shape index (κ2) is 2.86. The van der Waals surface area contributed by atoms with E-state index in [1.54, 1.807) is 0 Å². The lowest BCUT2D eigenvalue weighted by molar-refractivity contribution is -0.00228. The van der Waals surface area contributed by atoms with Crippen molar-refractivity contribution in [2.45, 2.75) is 31.4 Å². The molecule has 0 radical (unpaired) electrons. The van der Waals surface area contributed by atoms with E-state index in [9.17, 15) is 5.11 Å². The highest BCUT2D eigenvalue weighted by molar-refractivity contribution is 4.80. The van der Waals surface area contributed by atoms with Gasteiger partial charge in [-0.3, -0.25) is 0 Å². The van der Waals surface area contributed by atoms with Gasteiger partial charge in [-0.1, -0.05) is 0 Å². The molecule has 0 amide bonds. The Hall–Kier alpha value is -0.120. The van der Waals surface area contributed by atoms with Gasteiger partial charge in [0.05, 0.1) is 0 Å². The van der Waals surface area contributed by atoms with Gasteiger partial charge in [-0.15, -0.1) is 0 Å². The zero-order valence-corrected chi connectivity index (χ0v) is 6.21. The van der Waals surface area contributed by atoms with E-state index in [0.717, 1.165) is 19.4 Å². The van der Waals surface area contributed by atoms with Crippen molar-refractivity contribution in [3.63, 3.8) is 0 Å². The van der Waals surface area contributed by atoms with Crippen molar-refractivity contribution in [3.05, 3.63) is 0 Å². The Morgan fingerprint density at radius 1 is 1.40 bits per heavy atom. The third-order valence-corrected chi connectivity index (χ3v) is 2.30. The van der Waals surface area contributed by atoms with Gasteiger partial charge >= 0.3 is 0 Å². The fourth-order valence-electron chi connectivity index (χ4n) is 1.41. The molecule has 10 heavy (non-hydrogen) atoms. The Morgan fingerprint density at radius 2 is 1.90 bits per heavy atom. The van der Waals surface area contributed by atoms with E-state index in [4.69, 9.17) is 11.5 Å². The summed E-state index contributed by atoms with van der Waals surface area (Å²) in [6.45, 7) is 0.732. The standard InChI is InChI=1S/C7H16N2O/c8-5-6-1-3-7(9,10)4-2-6/h6,10H,1-5,8-9H2. The molecule has 0 unspecified atom stereocenters. The summed E-state index contributed by atoms with van der Waals surface area (Å²) in [7, 11) is 0. The first kappa shape index (κ1) is 7.98. The second-order valence-electron chi connectivity index (χ2n) is 3.28. The van der Waals surface area contributed by atoms with E-state index >= 15 is 0 Å². The first-order chi connectivity index (χ1) is 4.64. The summed E-state index contributed by atoms with van der Waals surface area (Å²) in [5.41, 5.74) is 10.1. The fourth-order valence-corrected chi connectivity index (χ4v) is 1.41. The molecule has 0 spiro atoms. The summed E-state index contributed by atoms with van der Waals surface area (Å²) < 4.78 is 0. The van der Waals surface area contributed by atoms with Gasteiger partial charge in [0.1, 0.15) is 5.72 Å². The van der Waals surface area contributed by atoms with E-state index < -0.39 is 5.72 Å². The van der Waals surface area contributed by atoms with Gasteiger partial charge in [-0.05, 0) is 38.1 Å². The highest BCUT2D eigenvalue weighted by Gasteiger charge is 2.28. The lowest BCUT2D eigenvalue weighted by Gasteiger charge is -2.31. The number of nitrogens with two attached hydrogens (primary N) is 2. The lowest BCUT2D eigenvalue weighted by atomic mass is 9.84. The molecule has 3 nitrogen and oxygen atoms in total. The van der Waals surface area contributed by atoms with Crippen LogP contribution in [0.15, 0.2) is 0 Å². The number of rotatable bonds is 1. The molecule has 0 saturated heterocycles. The minimum Gasteiger partial charge on any atom is -0.376 e. The number of hydrogen-bond acceptors (Lipinski definition) is 3. The van der Waals surface area contributed by atoms with Gasteiger partial charge in [0.15, 0.2) is 0 Å². The average Bonchev–Trinajstić information content (AvgIpc) is 1.88. The van der Waals surface area contributed by atoms with Crippen LogP contribution in [0.2, 0.25) is 0 Å². The van der Waals surface area contributed by atoms with Crippen molar-refractivity contribution in [1.29, 1.82) is 0 Å². The molecule has 3 heteroatoms. The molecule has 1 aliphatic rings. The molecule has 1 rings (SSSR count). The third-order valence-electron chi connectivity index (χ3n) is 2.30. The van der Waals surface area contributed by atoms with Crippen LogP contribution < -0.4 is 11.5 Å². The molecule has 60 valence electrons. The smallest absolute Gasteiger partial charge is 0.113 e. The number of hydrogen-bond donors (Lipinski definition) is 3. The molecule has 1 saturated carbocycles. The van der Waals surface area contributed by atoms with E-state index in [0.29, 0.717) is 18.8 Å². The van der Waals surface area contributed by atoms with Crippen LogP contribution in [0.4, 0.5) is 0 Å². The van der Waals surface area contributed by atoms with Crippen LogP contribution in [-0.2, 0) is 0 Å². The maximum absolute atomic E-state index is 9.32. The van der Waals surface area contributed by atoms with E-state index in [1.807, 2.05) is 0 Å². The predicted molar refractivity (Wildman–Crippen MR) is 40.1 cm³/mol. The quantitative estimate of drug-likeness (QED) is 0.446. The maximum atomic E-state index is 9.32. The normalized spacial score (nSPS) is 41.7. The van der Waals surface area contributed by atoms with Crippen LogP contribution in [0, 0.1) is 5.92 Å². The average molecular weight is 144 g/mol. The van der Waals surface area contributed by atoms with Crippen LogP contribution in [-0.4, -0.2) is 17.4 Å². The minimum absolute atomic E-state index is 0.587. The zero-order valence-electron chi connectivity index (χ0n) is 6.21. The highest BCUT2D eigenvalue weighted by atomic mass is 16.3. The summed E-state index contributed by atoms with van der Waals surface area (Å²) in [4.78, 5) is 0. The Kier molecular flexibility index (Phi) is 2.28. The van der Waals surface area contributed by atoms with Gasteiger partial charge in [-0.25, -0.2) is 0 Å². The Morgan fingerprint density at radius 3 is 2.30 bits per heavy atom. The van der Waals surface area contributed by atoms with Crippen molar-refractivity contribution in [1.82, 2.24) is 0 Å². The van der Waals surface area contributed by atoms with Crippen molar-refractivity contribution < 1.29 is 5.11 Å². The summed E-state index contributed by atoms with van der Waals surface area (Å²) >= 11 is 0. The molecule has 0 heterocycles. The predicted octanol–water partition coefficient (Wildman–Crippen LogP) is -0.217. The maximum Gasteiger partial charge on any atom is 0.113 e. The minimum atomic E-state index is -0.897. The van der Waals surface area contributed by atoms with E-state index in [2.05, 4.69) is 0 Å². The van der Waals surface area contributed by atoms with Crippen molar-refractivity contribution in [3.8, 4) is 0 Å². The molecule has 1 aliphatic carbocycles. The summed E-state index contributed by atoms with van der Waals surface area (Å²) in [5.74, 6) is 0.587. The first-order valence-corrected chi connectivity index (χ1v) is 3.85. The van der Waals surface area contributed by atoms with Gasteiger partial charge in [0.2, 0.25) is 0 Å². The van der Waals surface area contributed by atoms with Crippen LogP contribution >= 0.6 is 0 Å². The van der Waals surface area contributed by atoms with Crippen LogP contribution in [0.1, 0.15) is 25.7 Å². The van der Waals surface area contributed by atoms with Gasteiger partial charge in [0, 0.05) is 0 Å². The molecular weight excluding hydrogens is 128 g/mol. The molecule has 0 aromatic heterocycles. The largest absolute Gasteiger partial charge is 0.376 e. The summed E-state index contributed by atoms with van der Waals surface area (Å²) in [5, 5.41) is 9.32. The summed E-state index contributed by atoms with van der Waals surface area (Å²) in [6.07, 6.45) is 3.36. The molecule has 0 aliphatic heterocycles. The second-order valence-corrected chi connectivity index (χ2v) is 3.28. The fraction of sp³-hybridized carbons (Fsp3) is 1.00. The van der Waals surface area contributed by atoms with E-state index in [1.165, 1.54) is 0 Å². The lowest BCUT2D eigenvalue weighted by Crippen LogP contribution is -2.43. The van der Waals surface area contributed by atoms with Gasteiger partial charge < -0.3 is 16.6 Å². The molecular formula is C7H16N2O. The molecule has 0 aromatic rings. The molecule has 0 bridgehead atoms. The van der Waals surface area contributed by atoms with Crippen molar-refractivity contribution in [2.75, 3.05) is 6.54 Å². The Bertz CT molecular complexity index is 104. The Labute approximate surface area is 61.4 Å². The van der Waals surface area contributed by atoms with Gasteiger partial charge in [0.25, 0.3) is 0 Å². The molecule has 1 fully saturated rings. The summed E-state index contributed by atoms with van der Waals surface area (Å²) in [6, 6.07) is 0. The van der Waals surface area contributed by atoms with Crippen LogP contribution in [0.3, 0.4) is 0 Å².